The highest BCUT2D eigenvalue weighted by atomic mass is 19.1. The number of nitrogens with zero attached hydrogens (tertiary/aromatic N) is 2. The SMILES string of the molecule is CNC(c1cnc2ccccc2n1)c1cc(C)ccc1F. The highest BCUT2D eigenvalue weighted by Gasteiger charge is 2.18. The summed E-state index contributed by atoms with van der Waals surface area (Å²) in [5.74, 6) is -0.241. The normalized spacial score (nSPS) is 12.5. The predicted octanol–water partition coefficient (Wildman–Crippen LogP) is 3.39. The Bertz CT molecular complexity index is 786. The Balaban J connectivity index is 2.11. The number of hydrogen-bond acceptors (Lipinski definition) is 3. The van der Waals surface area contributed by atoms with Crippen LogP contribution in [-0.4, -0.2) is 17.0 Å². The van der Waals surface area contributed by atoms with Crippen LogP contribution in [-0.2, 0) is 0 Å². The van der Waals surface area contributed by atoms with Gasteiger partial charge in [-0.25, -0.2) is 9.37 Å². The maximum absolute atomic E-state index is 14.1. The molecule has 1 heterocycles. The molecule has 0 amide bonds. The fourth-order valence-electron chi connectivity index (χ4n) is 2.46. The van der Waals surface area contributed by atoms with E-state index in [0.717, 1.165) is 16.6 Å². The molecule has 4 heteroatoms. The standard InChI is InChI=1S/C17H16FN3/c1-11-7-8-13(18)12(9-11)17(19-2)16-10-20-14-5-3-4-6-15(14)21-16/h3-10,17,19H,1-2H3. The van der Waals surface area contributed by atoms with E-state index in [0.29, 0.717) is 11.3 Å². The number of rotatable bonds is 3. The molecule has 0 aliphatic carbocycles. The summed E-state index contributed by atoms with van der Waals surface area (Å²) in [6.07, 6.45) is 1.70. The second-order valence-electron chi connectivity index (χ2n) is 5.03. The molecule has 0 bridgehead atoms. The van der Waals surface area contributed by atoms with E-state index < -0.39 is 0 Å². The largest absolute Gasteiger partial charge is 0.308 e. The number of halogens is 1. The Kier molecular flexibility index (Phi) is 3.62. The molecule has 0 fully saturated rings. The number of aryl methyl sites for hydroxylation is 1. The summed E-state index contributed by atoms with van der Waals surface area (Å²) < 4.78 is 14.1. The Morgan fingerprint density at radius 1 is 1.10 bits per heavy atom. The Morgan fingerprint density at radius 2 is 1.86 bits per heavy atom. The first-order valence-corrected chi connectivity index (χ1v) is 6.84. The second-order valence-corrected chi connectivity index (χ2v) is 5.03. The van der Waals surface area contributed by atoms with Crippen molar-refractivity contribution >= 4 is 11.0 Å². The molecule has 1 aromatic heterocycles. The average Bonchev–Trinajstić information content (AvgIpc) is 2.51. The predicted molar refractivity (Wildman–Crippen MR) is 81.6 cm³/mol. The molecule has 0 saturated carbocycles. The van der Waals surface area contributed by atoms with Crippen LogP contribution in [0.1, 0.15) is 22.9 Å². The quantitative estimate of drug-likeness (QED) is 0.799. The van der Waals surface area contributed by atoms with Crippen molar-refractivity contribution < 1.29 is 4.39 Å². The van der Waals surface area contributed by atoms with Crippen LogP contribution in [0.25, 0.3) is 11.0 Å². The molecule has 1 N–H and O–H groups in total. The molecule has 3 aromatic rings. The van der Waals surface area contributed by atoms with Crippen LogP contribution >= 0.6 is 0 Å². The number of nitrogens with one attached hydrogen (secondary N) is 1. The third-order valence-corrected chi connectivity index (χ3v) is 3.51. The van der Waals surface area contributed by atoms with Crippen LogP contribution in [0.3, 0.4) is 0 Å². The zero-order chi connectivity index (χ0) is 14.8. The third-order valence-electron chi connectivity index (χ3n) is 3.51. The molecule has 1 unspecified atom stereocenters. The lowest BCUT2D eigenvalue weighted by molar-refractivity contribution is 0.570. The topological polar surface area (TPSA) is 37.8 Å². The van der Waals surface area contributed by atoms with Crippen LogP contribution in [0.4, 0.5) is 4.39 Å². The minimum absolute atomic E-state index is 0.241. The summed E-state index contributed by atoms with van der Waals surface area (Å²) >= 11 is 0. The van der Waals surface area contributed by atoms with Crippen molar-refractivity contribution in [1.82, 2.24) is 15.3 Å². The van der Waals surface area contributed by atoms with Crippen molar-refractivity contribution in [1.29, 1.82) is 0 Å². The summed E-state index contributed by atoms with van der Waals surface area (Å²) in [5.41, 5.74) is 3.95. The molecule has 0 aliphatic rings. The van der Waals surface area contributed by atoms with Gasteiger partial charge in [-0.05, 0) is 32.2 Å². The van der Waals surface area contributed by atoms with Crippen molar-refractivity contribution in [2.75, 3.05) is 7.05 Å². The van der Waals surface area contributed by atoms with E-state index in [9.17, 15) is 4.39 Å². The molecule has 0 aliphatic heterocycles. The zero-order valence-corrected chi connectivity index (χ0v) is 12.0. The molecule has 3 rings (SSSR count). The van der Waals surface area contributed by atoms with Gasteiger partial charge in [-0.2, -0.15) is 0 Å². The molecule has 3 nitrogen and oxygen atoms in total. The van der Waals surface area contributed by atoms with Crippen molar-refractivity contribution in [2.45, 2.75) is 13.0 Å². The number of para-hydroxylation sites is 2. The Hall–Kier alpha value is -2.33. The van der Waals surface area contributed by atoms with Gasteiger partial charge in [0.15, 0.2) is 0 Å². The van der Waals surface area contributed by atoms with Crippen LogP contribution in [0.5, 0.6) is 0 Å². The lowest BCUT2D eigenvalue weighted by Gasteiger charge is -2.17. The van der Waals surface area contributed by atoms with Gasteiger partial charge in [0, 0.05) is 5.56 Å². The third kappa shape index (κ3) is 2.62. The first-order valence-electron chi connectivity index (χ1n) is 6.84. The molecule has 21 heavy (non-hydrogen) atoms. The van der Waals surface area contributed by atoms with E-state index >= 15 is 0 Å². The van der Waals surface area contributed by atoms with Gasteiger partial charge in [-0.3, -0.25) is 4.98 Å². The van der Waals surface area contributed by atoms with Gasteiger partial charge < -0.3 is 5.32 Å². The van der Waals surface area contributed by atoms with Gasteiger partial charge in [0.2, 0.25) is 0 Å². The summed E-state index contributed by atoms with van der Waals surface area (Å²) in [5, 5.41) is 3.12. The number of hydrogen-bond donors (Lipinski definition) is 1. The Labute approximate surface area is 122 Å². The molecule has 0 spiro atoms. The fourth-order valence-corrected chi connectivity index (χ4v) is 2.46. The van der Waals surface area contributed by atoms with E-state index in [1.807, 2.05) is 37.3 Å². The highest BCUT2D eigenvalue weighted by Crippen LogP contribution is 2.24. The van der Waals surface area contributed by atoms with Gasteiger partial charge >= 0.3 is 0 Å². The van der Waals surface area contributed by atoms with E-state index in [-0.39, 0.29) is 11.9 Å². The molecule has 0 saturated heterocycles. The second kappa shape index (κ2) is 5.58. The van der Waals surface area contributed by atoms with E-state index in [1.165, 1.54) is 6.07 Å². The van der Waals surface area contributed by atoms with Gasteiger partial charge in [-0.15, -0.1) is 0 Å². The molecule has 1 atom stereocenters. The summed E-state index contributed by atoms with van der Waals surface area (Å²) in [7, 11) is 1.79. The minimum atomic E-state index is -0.318. The van der Waals surface area contributed by atoms with Crippen LogP contribution in [0.2, 0.25) is 0 Å². The lowest BCUT2D eigenvalue weighted by Crippen LogP contribution is -2.20. The Morgan fingerprint density at radius 3 is 2.62 bits per heavy atom. The molecule has 0 radical (unpaired) electrons. The van der Waals surface area contributed by atoms with Gasteiger partial charge in [0.05, 0.1) is 29.0 Å². The number of aromatic nitrogens is 2. The van der Waals surface area contributed by atoms with E-state index in [4.69, 9.17) is 0 Å². The van der Waals surface area contributed by atoms with E-state index in [2.05, 4.69) is 15.3 Å². The van der Waals surface area contributed by atoms with E-state index in [1.54, 1.807) is 19.3 Å². The highest BCUT2D eigenvalue weighted by molar-refractivity contribution is 5.73. The molecule has 106 valence electrons. The number of benzene rings is 2. The van der Waals surface area contributed by atoms with Gasteiger partial charge in [0.25, 0.3) is 0 Å². The summed E-state index contributed by atoms with van der Waals surface area (Å²) in [4.78, 5) is 9.00. The summed E-state index contributed by atoms with van der Waals surface area (Å²) in [6, 6.07) is 12.4. The maximum atomic E-state index is 14.1. The smallest absolute Gasteiger partial charge is 0.128 e. The van der Waals surface area contributed by atoms with Crippen LogP contribution in [0, 0.1) is 12.7 Å². The fraction of sp³-hybridized carbons (Fsp3) is 0.176. The van der Waals surface area contributed by atoms with Gasteiger partial charge in [-0.1, -0.05) is 29.8 Å². The van der Waals surface area contributed by atoms with Crippen molar-refractivity contribution in [2.24, 2.45) is 0 Å². The zero-order valence-electron chi connectivity index (χ0n) is 12.0. The van der Waals surface area contributed by atoms with Crippen molar-refractivity contribution in [3.63, 3.8) is 0 Å². The minimum Gasteiger partial charge on any atom is -0.308 e. The van der Waals surface area contributed by atoms with Crippen molar-refractivity contribution in [3.8, 4) is 0 Å². The molecular formula is C17H16FN3. The first-order chi connectivity index (χ1) is 10.2. The molecule has 2 aromatic carbocycles. The van der Waals surface area contributed by atoms with Crippen LogP contribution < -0.4 is 5.32 Å². The number of fused-ring (bicyclic) bond motifs is 1. The average molecular weight is 281 g/mol. The van der Waals surface area contributed by atoms with Gasteiger partial charge in [0.1, 0.15) is 5.82 Å². The van der Waals surface area contributed by atoms with Crippen LogP contribution in [0.15, 0.2) is 48.7 Å². The summed E-state index contributed by atoms with van der Waals surface area (Å²) in [6.45, 7) is 1.95. The first kappa shape index (κ1) is 13.6. The monoisotopic (exact) mass is 281 g/mol. The molecular weight excluding hydrogens is 265 g/mol. The maximum Gasteiger partial charge on any atom is 0.128 e. The van der Waals surface area contributed by atoms with Crippen molar-refractivity contribution in [3.05, 3.63) is 71.3 Å². The lowest BCUT2D eigenvalue weighted by atomic mass is 10.0.